The molecule has 0 bridgehead atoms. The summed E-state index contributed by atoms with van der Waals surface area (Å²) < 4.78 is 1.90. The van der Waals surface area contributed by atoms with E-state index >= 15 is 0 Å². The standard InChI is InChI=1S/C18H25N3/c1-18(2)10-9-17(13-18)20(3)14-15-5-7-16(8-6-15)21-12-4-11-19-21/h4-8,11-12,17H,9-10,13-14H2,1-3H3. The van der Waals surface area contributed by atoms with Gasteiger partial charge >= 0.3 is 0 Å². The van der Waals surface area contributed by atoms with E-state index in [0.29, 0.717) is 5.41 Å². The third kappa shape index (κ3) is 3.35. The van der Waals surface area contributed by atoms with Crippen molar-refractivity contribution < 1.29 is 0 Å². The highest BCUT2D eigenvalue weighted by atomic mass is 15.3. The third-order valence-electron chi connectivity index (χ3n) is 4.70. The SMILES string of the molecule is CN(Cc1ccc(-n2cccn2)cc1)C1CCC(C)(C)C1. The van der Waals surface area contributed by atoms with Gasteiger partial charge < -0.3 is 0 Å². The van der Waals surface area contributed by atoms with E-state index in [2.05, 4.69) is 55.2 Å². The lowest BCUT2D eigenvalue weighted by atomic mass is 9.91. The van der Waals surface area contributed by atoms with Crippen LogP contribution in [0.4, 0.5) is 0 Å². The van der Waals surface area contributed by atoms with Crippen LogP contribution in [0.5, 0.6) is 0 Å². The summed E-state index contributed by atoms with van der Waals surface area (Å²) in [7, 11) is 2.26. The first-order valence-electron chi connectivity index (χ1n) is 7.83. The van der Waals surface area contributed by atoms with E-state index in [1.165, 1.54) is 24.8 Å². The molecule has 1 aliphatic rings. The Bertz CT molecular complexity index is 569. The minimum Gasteiger partial charge on any atom is -0.299 e. The van der Waals surface area contributed by atoms with Crippen LogP contribution >= 0.6 is 0 Å². The maximum Gasteiger partial charge on any atom is 0.0645 e. The Kier molecular flexibility index (Phi) is 3.85. The molecular weight excluding hydrogens is 258 g/mol. The van der Waals surface area contributed by atoms with Gasteiger partial charge in [0.25, 0.3) is 0 Å². The molecule has 0 aliphatic heterocycles. The smallest absolute Gasteiger partial charge is 0.0645 e. The van der Waals surface area contributed by atoms with E-state index < -0.39 is 0 Å². The quantitative estimate of drug-likeness (QED) is 0.849. The van der Waals surface area contributed by atoms with Gasteiger partial charge in [0.2, 0.25) is 0 Å². The van der Waals surface area contributed by atoms with Crippen molar-refractivity contribution in [3.8, 4) is 5.69 Å². The van der Waals surface area contributed by atoms with Crippen LogP contribution in [-0.2, 0) is 6.54 Å². The zero-order chi connectivity index (χ0) is 14.9. The van der Waals surface area contributed by atoms with Crippen LogP contribution in [0.2, 0.25) is 0 Å². The Morgan fingerprint density at radius 1 is 1.29 bits per heavy atom. The number of aromatic nitrogens is 2. The molecule has 1 atom stereocenters. The number of nitrogens with zero attached hydrogens (tertiary/aromatic N) is 3. The zero-order valence-corrected chi connectivity index (χ0v) is 13.3. The van der Waals surface area contributed by atoms with Gasteiger partial charge in [0.15, 0.2) is 0 Å². The molecule has 1 aliphatic carbocycles. The molecule has 1 heterocycles. The van der Waals surface area contributed by atoms with Crippen LogP contribution in [-0.4, -0.2) is 27.8 Å². The van der Waals surface area contributed by atoms with E-state index in [-0.39, 0.29) is 0 Å². The molecule has 0 amide bonds. The molecule has 1 aromatic heterocycles. The molecule has 0 saturated heterocycles. The van der Waals surface area contributed by atoms with Crippen molar-refractivity contribution in [2.75, 3.05) is 7.05 Å². The third-order valence-corrected chi connectivity index (χ3v) is 4.70. The summed E-state index contributed by atoms with van der Waals surface area (Å²) in [4.78, 5) is 2.51. The lowest BCUT2D eigenvalue weighted by Crippen LogP contribution is -2.29. The molecule has 0 radical (unpaired) electrons. The van der Waals surface area contributed by atoms with Crippen molar-refractivity contribution in [2.45, 2.75) is 45.7 Å². The van der Waals surface area contributed by atoms with Gasteiger partial charge in [-0.3, -0.25) is 4.90 Å². The lowest BCUT2D eigenvalue weighted by Gasteiger charge is -2.26. The van der Waals surface area contributed by atoms with Gasteiger partial charge in [-0.1, -0.05) is 26.0 Å². The van der Waals surface area contributed by atoms with Gasteiger partial charge in [0.1, 0.15) is 0 Å². The highest BCUT2D eigenvalue weighted by Gasteiger charge is 2.32. The molecule has 1 aromatic carbocycles. The second-order valence-corrected chi connectivity index (χ2v) is 7.09. The van der Waals surface area contributed by atoms with Gasteiger partial charge in [0, 0.05) is 25.0 Å². The predicted molar refractivity (Wildman–Crippen MR) is 86.5 cm³/mol. The summed E-state index contributed by atoms with van der Waals surface area (Å²) in [5.41, 5.74) is 3.01. The molecule has 1 saturated carbocycles. The molecule has 3 heteroatoms. The van der Waals surface area contributed by atoms with Crippen LogP contribution in [0.15, 0.2) is 42.7 Å². The van der Waals surface area contributed by atoms with Gasteiger partial charge in [0.05, 0.1) is 5.69 Å². The fourth-order valence-electron chi connectivity index (χ4n) is 3.37. The van der Waals surface area contributed by atoms with E-state index in [9.17, 15) is 0 Å². The fourth-order valence-corrected chi connectivity index (χ4v) is 3.37. The summed E-state index contributed by atoms with van der Waals surface area (Å²) in [5, 5.41) is 4.26. The average molecular weight is 283 g/mol. The van der Waals surface area contributed by atoms with Gasteiger partial charge in [-0.2, -0.15) is 5.10 Å². The fraction of sp³-hybridized carbons (Fsp3) is 0.500. The molecule has 1 unspecified atom stereocenters. The van der Waals surface area contributed by atoms with Gasteiger partial charge in [-0.15, -0.1) is 0 Å². The number of benzene rings is 1. The molecule has 3 rings (SSSR count). The second kappa shape index (κ2) is 5.64. The first-order valence-corrected chi connectivity index (χ1v) is 7.83. The Morgan fingerprint density at radius 2 is 2.05 bits per heavy atom. The van der Waals surface area contributed by atoms with Crippen LogP contribution in [0.1, 0.15) is 38.7 Å². The first kappa shape index (κ1) is 14.3. The van der Waals surface area contributed by atoms with Crippen molar-refractivity contribution in [3.63, 3.8) is 0 Å². The van der Waals surface area contributed by atoms with E-state index in [0.717, 1.165) is 18.3 Å². The molecule has 112 valence electrons. The molecule has 21 heavy (non-hydrogen) atoms. The first-order chi connectivity index (χ1) is 10.0. The average Bonchev–Trinajstić information content (AvgIpc) is 3.09. The summed E-state index contributed by atoms with van der Waals surface area (Å²) in [6.07, 6.45) is 7.77. The van der Waals surface area contributed by atoms with Gasteiger partial charge in [-0.05, 0) is 55.5 Å². The number of rotatable bonds is 4. The van der Waals surface area contributed by atoms with E-state index in [1.54, 1.807) is 0 Å². The molecule has 0 spiro atoms. The van der Waals surface area contributed by atoms with Crippen molar-refractivity contribution in [1.29, 1.82) is 0 Å². The summed E-state index contributed by atoms with van der Waals surface area (Å²) in [6, 6.07) is 11.4. The Morgan fingerprint density at radius 3 is 2.62 bits per heavy atom. The second-order valence-electron chi connectivity index (χ2n) is 7.09. The Labute approximate surface area is 127 Å². The van der Waals surface area contributed by atoms with Crippen LogP contribution in [0, 0.1) is 5.41 Å². The maximum absolute atomic E-state index is 4.26. The van der Waals surface area contributed by atoms with Crippen molar-refractivity contribution >= 4 is 0 Å². The highest BCUT2D eigenvalue weighted by Crippen LogP contribution is 2.39. The van der Waals surface area contributed by atoms with Crippen molar-refractivity contribution in [3.05, 3.63) is 48.3 Å². The molecule has 2 aromatic rings. The summed E-state index contributed by atoms with van der Waals surface area (Å²) >= 11 is 0. The Hall–Kier alpha value is -1.61. The summed E-state index contributed by atoms with van der Waals surface area (Å²) in [5.74, 6) is 0. The Balaban J connectivity index is 1.63. The van der Waals surface area contributed by atoms with Gasteiger partial charge in [-0.25, -0.2) is 4.68 Å². The largest absolute Gasteiger partial charge is 0.299 e. The molecular formula is C18H25N3. The predicted octanol–water partition coefficient (Wildman–Crippen LogP) is 3.88. The van der Waals surface area contributed by atoms with E-state index in [4.69, 9.17) is 0 Å². The van der Waals surface area contributed by atoms with Crippen LogP contribution < -0.4 is 0 Å². The van der Waals surface area contributed by atoms with Crippen LogP contribution in [0.3, 0.4) is 0 Å². The normalized spacial score (nSPS) is 21.0. The zero-order valence-electron chi connectivity index (χ0n) is 13.3. The summed E-state index contributed by atoms with van der Waals surface area (Å²) in [6.45, 7) is 5.81. The highest BCUT2D eigenvalue weighted by molar-refractivity contribution is 5.33. The van der Waals surface area contributed by atoms with Crippen molar-refractivity contribution in [1.82, 2.24) is 14.7 Å². The van der Waals surface area contributed by atoms with Crippen LogP contribution in [0.25, 0.3) is 5.69 Å². The molecule has 3 nitrogen and oxygen atoms in total. The monoisotopic (exact) mass is 283 g/mol. The number of hydrogen-bond acceptors (Lipinski definition) is 2. The minimum absolute atomic E-state index is 0.517. The minimum atomic E-state index is 0.517. The maximum atomic E-state index is 4.26. The molecule has 1 fully saturated rings. The topological polar surface area (TPSA) is 21.1 Å². The number of hydrogen-bond donors (Lipinski definition) is 0. The van der Waals surface area contributed by atoms with Crippen molar-refractivity contribution in [2.24, 2.45) is 5.41 Å². The molecule has 0 N–H and O–H groups in total. The van der Waals surface area contributed by atoms with E-state index in [1.807, 2.05) is 23.1 Å². The lowest BCUT2D eigenvalue weighted by molar-refractivity contribution is 0.220.